The average Bonchev–Trinajstić information content (AvgIpc) is 3.31. The maximum Gasteiger partial charge on any atom is 0.264 e. The molecule has 136 valence electrons. The van der Waals surface area contributed by atoms with Gasteiger partial charge in [0.05, 0.1) is 18.0 Å². The van der Waals surface area contributed by atoms with Gasteiger partial charge >= 0.3 is 0 Å². The van der Waals surface area contributed by atoms with Crippen LogP contribution in [0.4, 0.5) is 0 Å². The number of carbonyl (C=O) groups is 1. The Morgan fingerprint density at radius 3 is 2.88 bits per heavy atom. The Bertz CT molecular complexity index is 743. The molecule has 0 saturated carbocycles. The Morgan fingerprint density at radius 2 is 2.24 bits per heavy atom. The van der Waals surface area contributed by atoms with Crippen molar-refractivity contribution in [2.75, 3.05) is 40.9 Å². The minimum Gasteiger partial charge on any atom is -0.383 e. The van der Waals surface area contributed by atoms with Gasteiger partial charge in [-0.15, -0.1) is 16.4 Å². The summed E-state index contributed by atoms with van der Waals surface area (Å²) in [6, 6.07) is 3.89. The second kappa shape index (κ2) is 7.19. The van der Waals surface area contributed by atoms with Gasteiger partial charge in [0.15, 0.2) is 5.82 Å². The molecule has 1 fully saturated rings. The lowest BCUT2D eigenvalue weighted by molar-refractivity contribution is 0.0741. The molecule has 0 radical (unpaired) electrons. The van der Waals surface area contributed by atoms with E-state index in [4.69, 9.17) is 4.74 Å². The first kappa shape index (κ1) is 18.0. The van der Waals surface area contributed by atoms with E-state index in [-0.39, 0.29) is 11.4 Å². The number of carbonyl (C=O) groups excluding carboxylic acids is 1. The van der Waals surface area contributed by atoms with E-state index in [2.05, 4.69) is 20.4 Å². The fourth-order valence-electron chi connectivity index (χ4n) is 3.29. The summed E-state index contributed by atoms with van der Waals surface area (Å²) < 4.78 is 6.94. The number of likely N-dealkylation sites (N-methyl/N-ethyl adjacent to an activating group) is 1. The number of rotatable bonds is 6. The van der Waals surface area contributed by atoms with Gasteiger partial charge in [0.2, 0.25) is 0 Å². The first-order valence-corrected chi connectivity index (χ1v) is 9.08. The van der Waals surface area contributed by atoms with Crippen molar-refractivity contribution < 1.29 is 9.53 Å². The first-order valence-electron chi connectivity index (χ1n) is 8.26. The molecular weight excluding hydrogens is 340 g/mol. The summed E-state index contributed by atoms with van der Waals surface area (Å²) in [5, 5.41) is 12.2. The summed E-state index contributed by atoms with van der Waals surface area (Å²) in [7, 11) is 5.68. The van der Waals surface area contributed by atoms with Gasteiger partial charge in [0, 0.05) is 25.1 Å². The van der Waals surface area contributed by atoms with E-state index in [1.165, 1.54) is 11.3 Å². The van der Waals surface area contributed by atoms with E-state index in [1.807, 2.05) is 38.1 Å². The molecule has 1 aliphatic rings. The number of hydrogen-bond acceptors (Lipinski definition) is 7. The number of hydrogen-bond donors (Lipinski definition) is 0. The largest absolute Gasteiger partial charge is 0.383 e. The van der Waals surface area contributed by atoms with E-state index < -0.39 is 0 Å². The molecule has 2 aromatic rings. The predicted molar refractivity (Wildman–Crippen MR) is 94.6 cm³/mol. The molecule has 3 heterocycles. The van der Waals surface area contributed by atoms with Crippen LogP contribution in [0, 0.1) is 6.92 Å². The van der Waals surface area contributed by atoms with Crippen LogP contribution >= 0.6 is 11.3 Å². The van der Waals surface area contributed by atoms with Gasteiger partial charge in [0.1, 0.15) is 5.54 Å². The summed E-state index contributed by atoms with van der Waals surface area (Å²) in [5.74, 6) is 0.866. The zero-order valence-electron chi connectivity index (χ0n) is 15.1. The van der Waals surface area contributed by atoms with Crippen molar-refractivity contribution in [1.29, 1.82) is 0 Å². The Labute approximate surface area is 151 Å². The second-order valence-corrected chi connectivity index (χ2v) is 7.82. The van der Waals surface area contributed by atoms with Gasteiger partial charge in [-0.1, -0.05) is 0 Å². The van der Waals surface area contributed by atoms with E-state index >= 15 is 0 Å². The number of aryl methyl sites for hydroxylation is 1. The topological polar surface area (TPSA) is 76.4 Å². The second-order valence-electron chi connectivity index (χ2n) is 6.53. The number of tetrazole rings is 1. The van der Waals surface area contributed by atoms with Crippen LogP contribution in [0.15, 0.2) is 12.1 Å². The molecule has 0 spiro atoms. The molecule has 1 unspecified atom stereocenters. The maximum atomic E-state index is 12.8. The summed E-state index contributed by atoms with van der Waals surface area (Å²) >= 11 is 1.54. The van der Waals surface area contributed by atoms with Crippen LogP contribution in [0.2, 0.25) is 0 Å². The highest BCUT2D eigenvalue weighted by Crippen LogP contribution is 2.36. The molecular formula is C16H24N6O2S. The van der Waals surface area contributed by atoms with Gasteiger partial charge in [-0.2, -0.15) is 0 Å². The van der Waals surface area contributed by atoms with Crippen LogP contribution in [-0.2, 0) is 16.8 Å². The van der Waals surface area contributed by atoms with Gasteiger partial charge in [0.25, 0.3) is 5.91 Å². The number of thiophene rings is 1. The molecule has 2 aromatic heterocycles. The number of methoxy groups -OCH3 is 1. The molecule has 3 rings (SSSR count). The maximum absolute atomic E-state index is 12.8. The van der Waals surface area contributed by atoms with Crippen molar-refractivity contribution in [2.24, 2.45) is 0 Å². The highest BCUT2D eigenvalue weighted by atomic mass is 32.1. The zero-order chi connectivity index (χ0) is 18.0. The lowest BCUT2D eigenvalue weighted by atomic mass is 9.96. The molecule has 0 bridgehead atoms. The Hall–Kier alpha value is -1.84. The molecule has 0 aliphatic carbocycles. The average molecular weight is 364 g/mol. The van der Waals surface area contributed by atoms with Crippen LogP contribution in [0.5, 0.6) is 0 Å². The van der Waals surface area contributed by atoms with Crippen LogP contribution in [0.3, 0.4) is 0 Å². The lowest BCUT2D eigenvalue weighted by Gasteiger charge is -2.34. The molecule has 0 aromatic carbocycles. The normalized spacial score (nSPS) is 20.6. The number of nitrogens with zero attached hydrogens (tertiary/aromatic N) is 6. The van der Waals surface area contributed by atoms with E-state index in [0.717, 1.165) is 22.0 Å². The Kier molecular flexibility index (Phi) is 5.16. The first-order chi connectivity index (χ1) is 12.0. The van der Waals surface area contributed by atoms with Gasteiger partial charge in [-0.05, 0) is 50.0 Å². The molecule has 1 atom stereocenters. The Morgan fingerprint density at radius 1 is 1.44 bits per heavy atom. The highest BCUT2D eigenvalue weighted by Gasteiger charge is 2.47. The van der Waals surface area contributed by atoms with Gasteiger partial charge in [-0.25, -0.2) is 4.68 Å². The minimum absolute atomic E-state index is 0.0812. The van der Waals surface area contributed by atoms with Crippen molar-refractivity contribution in [2.45, 2.75) is 25.4 Å². The van der Waals surface area contributed by atoms with E-state index in [9.17, 15) is 4.79 Å². The predicted octanol–water partition coefficient (Wildman–Crippen LogP) is 0.992. The zero-order valence-corrected chi connectivity index (χ0v) is 15.9. The van der Waals surface area contributed by atoms with Crippen molar-refractivity contribution in [3.63, 3.8) is 0 Å². The molecule has 0 N–H and O–H groups in total. The lowest BCUT2D eigenvalue weighted by Crippen LogP contribution is -2.47. The fourth-order valence-corrected chi connectivity index (χ4v) is 4.12. The van der Waals surface area contributed by atoms with Crippen LogP contribution in [0.25, 0.3) is 0 Å². The SMILES string of the molecule is COCCn1nnnc1C1(N(C)C)CCN(C(=O)c2ccc(C)s2)C1. The van der Waals surface area contributed by atoms with Crippen molar-refractivity contribution >= 4 is 17.2 Å². The standard InChI is InChI=1S/C16H24N6O2S/c1-12-5-6-13(25-12)14(23)21-8-7-16(11-21,20(2)3)15-17-18-19-22(15)9-10-24-4/h5-6H,7-11H2,1-4H3. The van der Waals surface area contributed by atoms with Crippen LogP contribution in [0.1, 0.15) is 26.8 Å². The van der Waals surface area contributed by atoms with E-state index in [0.29, 0.717) is 26.2 Å². The molecule has 9 heteroatoms. The van der Waals surface area contributed by atoms with Gasteiger partial charge in [-0.3, -0.25) is 9.69 Å². The highest BCUT2D eigenvalue weighted by molar-refractivity contribution is 7.13. The Balaban J connectivity index is 1.85. The van der Waals surface area contributed by atoms with Crippen molar-refractivity contribution in [3.8, 4) is 0 Å². The molecule has 8 nitrogen and oxygen atoms in total. The summed E-state index contributed by atoms with van der Waals surface area (Å²) in [5.41, 5.74) is -0.390. The molecule has 1 amide bonds. The van der Waals surface area contributed by atoms with Crippen LogP contribution < -0.4 is 0 Å². The third kappa shape index (κ3) is 3.31. The van der Waals surface area contributed by atoms with Crippen LogP contribution in [-0.4, -0.2) is 76.8 Å². The minimum atomic E-state index is -0.390. The van der Waals surface area contributed by atoms with Gasteiger partial charge < -0.3 is 9.64 Å². The smallest absolute Gasteiger partial charge is 0.264 e. The third-order valence-electron chi connectivity index (χ3n) is 4.80. The summed E-state index contributed by atoms with van der Waals surface area (Å²) in [6.07, 6.45) is 0.795. The van der Waals surface area contributed by atoms with E-state index in [1.54, 1.807) is 11.8 Å². The fraction of sp³-hybridized carbons (Fsp3) is 0.625. The molecule has 1 saturated heterocycles. The number of likely N-dealkylation sites (tertiary alicyclic amines) is 1. The summed E-state index contributed by atoms with van der Waals surface area (Å²) in [6.45, 7) is 4.40. The monoisotopic (exact) mass is 364 g/mol. The number of amides is 1. The van der Waals surface area contributed by atoms with Crippen molar-refractivity contribution in [3.05, 3.63) is 27.7 Å². The summed E-state index contributed by atoms with van der Waals surface area (Å²) in [4.78, 5) is 18.8. The third-order valence-corrected chi connectivity index (χ3v) is 5.79. The number of aromatic nitrogens is 4. The quantitative estimate of drug-likeness (QED) is 0.761. The molecule has 1 aliphatic heterocycles. The molecule has 25 heavy (non-hydrogen) atoms. The number of ether oxygens (including phenoxy) is 1. The van der Waals surface area contributed by atoms with Crippen molar-refractivity contribution in [1.82, 2.24) is 30.0 Å².